The lowest BCUT2D eigenvalue weighted by atomic mass is 10.4. The van der Waals surface area contributed by atoms with Crippen LogP contribution in [0.15, 0.2) is 0 Å². The molecule has 4 N–H and O–H groups in total. The van der Waals surface area contributed by atoms with Gasteiger partial charge in [0.05, 0.1) is 24.1 Å². The van der Waals surface area contributed by atoms with Crippen LogP contribution in [0.25, 0.3) is 0 Å². The second-order valence-corrected chi connectivity index (χ2v) is 4.46. The van der Waals surface area contributed by atoms with Gasteiger partial charge in [-0.15, -0.1) is 0 Å². The Morgan fingerprint density at radius 1 is 1.12 bits per heavy atom. The van der Waals surface area contributed by atoms with Crippen LogP contribution in [0.4, 0.5) is 9.59 Å². The minimum atomic E-state index is -0.830. The molecule has 2 amide bonds. The number of amides is 2. The normalized spacial score (nSPS) is 10.5. The number of primary amides is 2. The predicted octanol–water partition coefficient (Wildman–Crippen LogP) is 0.404. The van der Waals surface area contributed by atoms with E-state index in [1.807, 2.05) is 19.0 Å². The molecule has 0 atom stereocenters. The lowest BCUT2D eigenvalue weighted by Gasteiger charge is -2.21. The second-order valence-electron chi connectivity index (χ2n) is 2.99. The van der Waals surface area contributed by atoms with Crippen molar-refractivity contribution in [3.05, 3.63) is 0 Å². The fourth-order valence-corrected chi connectivity index (χ4v) is 2.35. The number of carbonyl (C=O) groups is 2. The highest BCUT2D eigenvalue weighted by Crippen LogP contribution is 2.13. The van der Waals surface area contributed by atoms with Gasteiger partial charge in [-0.2, -0.15) is 0 Å². The molecule has 7 nitrogen and oxygen atoms in total. The van der Waals surface area contributed by atoms with E-state index in [4.69, 9.17) is 11.5 Å². The average Bonchev–Trinajstić information content (AvgIpc) is 2.14. The number of nitrogens with two attached hydrogens (primary N) is 2. The van der Waals surface area contributed by atoms with Gasteiger partial charge in [-0.25, -0.2) is 9.59 Å². The Hall–Kier alpha value is -0.800. The van der Waals surface area contributed by atoms with E-state index in [-0.39, 0.29) is 6.04 Å². The van der Waals surface area contributed by atoms with Crippen molar-refractivity contribution in [1.29, 1.82) is 0 Å². The second kappa shape index (κ2) is 8.36. The molecule has 0 saturated carbocycles. The fourth-order valence-electron chi connectivity index (χ4n) is 0.688. The van der Waals surface area contributed by atoms with E-state index < -0.39 is 12.2 Å². The maximum Gasteiger partial charge on any atom is 0.416 e. The van der Waals surface area contributed by atoms with Crippen LogP contribution in [0.1, 0.15) is 0 Å². The summed E-state index contributed by atoms with van der Waals surface area (Å²) in [6.07, 6.45) is -1.66. The molecule has 0 rings (SSSR count). The smallest absolute Gasteiger partial charge is 0.375 e. The third-order valence-electron chi connectivity index (χ3n) is 1.53. The maximum atomic E-state index is 10.3. The molecule has 0 heterocycles. The van der Waals surface area contributed by atoms with Crippen LogP contribution in [0.2, 0.25) is 0 Å². The molecule has 0 spiro atoms. The van der Waals surface area contributed by atoms with Gasteiger partial charge < -0.3 is 24.7 Å². The minimum Gasteiger partial charge on any atom is -0.375 e. The zero-order valence-corrected chi connectivity index (χ0v) is 10.7. The number of rotatable bonds is 7. The van der Waals surface area contributed by atoms with E-state index in [0.717, 1.165) is 24.1 Å². The van der Waals surface area contributed by atoms with Gasteiger partial charge in [-0.05, 0) is 14.1 Å². The highest BCUT2D eigenvalue weighted by molar-refractivity contribution is 7.96. The first-order valence-corrected chi connectivity index (χ1v) is 6.10. The number of carbonyl (C=O) groups excluding carboxylic acids is 2. The summed E-state index contributed by atoms with van der Waals surface area (Å²) in [6.45, 7) is 0. The molecular weight excluding hydrogens is 254 g/mol. The van der Waals surface area contributed by atoms with Crippen molar-refractivity contribution in [1.82, 2.24) is 4.90 Å². The van der Waals surface area contributed by atoms with Crippen LogP contribution in [-0.2, 0) is 8.37 Å². The van der Waals surface area contributed by atoms with E-state index in [0.29, 0.717) is 11.5 Å². The Balaban J connectivity index is 3.79. The van der Waals surface area contributed by atoms with Crippen molar-refractivity contribution in [3.8, 4) is 0 Å². The molecule has 0 bridgehead atoms. The molecule has 0 aromatic carbocycles. The molecule has 94 valence electrons. The fraction of sp³-hybridized carbons (Fsp3) is 0.714. The van der Waals surface area contributed by atoms with E-state index in [1.165, 1.54) is 0 Å². The van der Waals surface area contributed by atoms with E-state index >= 15 is 0 Å². The van der Waals surface area contributed by atoms with Crippen molar-refractivity contribution in [3.63, 3.8) is 0 Å². The Morgan fingerprint density at radius 2 is 1.50 bits per heavy atom. The van der Waals surface area contributed by atoms with Crippen LogP contribution in [-0.4, -0.2) is 48.7 Å². The van der Waals surface area contributed by atoms with E-state index in [2.05, 4.69) is 8.37 Å². The van der Waals surface area contributed by atoms with Gasteiger partial charge in [0.25, 0.3) is 0 Å². The Labute approximate surface area is 103 Å². The van der Waals surface area contributed by atoms with Crippen molar-refractivity contribution in [2.45, 2.75) is 6.04 Å². The van der Waals surface area contributed by atoms with E-state index in [9.17, 15) is 9.59 Å². The third-order valence-corrected chi connectivity index (χ3v) is 3.14. The molecule has 0 aromatic heterocycles. The molecule has 0 radical (unpaired) electrons. The molecule has 0 unspecified atom stereocenters. The summed E-state index contributed by atoms with van der Waals surface area (Å²) in [5.74, 6) is 1.04. The molecule has 0 aliphatic rings. The Bertz CT molecular complexity index is 220. The first kappa shape index (κ1) is 15.2. The van der Waals surface area contributed by atoms with Gasteiger partial charge in [0.2, 0.25) is 0 Å². The zero-order valence-electron chi connectivity index (χ0n) is 9.04. The lowest BCUT2D eigenvalue weighted by Crippen LogP contribution is -2.33. The van der Waals surface area contributed by atoms with Gasteiger partial charge >= 0.3 is 12.2 Å². The molecule has 9 heteroatoms. The molecule has 0 aromatic rings. The largest absolute Gasteiger partial charge is 0.416 e. The summed E-state index contributed by atoms with van der Waals surface area (Å²) < 4.78 is 9.07. The summed E-state index contributed by atoms with van der Waals surface area (Å²) in [7, 11) is 3.72. The summed E-state index contributed by atoms with van der Waals surface area (Å²) >= 11 is 1.91. The van der Waals surface area contributed by atoms with Gasteiger partial charge in [-0.3, -0.25) is 0 Å². The topological polar surface area (TPSA) is 108 Å². The van der Waals surface area contributed by atoms with Crippen molar-refractivity contribution < 1.29 is 18.0 Å². The van der Waals surface area contributed by atoms with Gasteiger partial charge in [0.15, 0.2) is 0 Å². The van der Waals surface area contributed by atoms with Crippen LogP contribution in [0, 0.1) is 0 Å². The third kappa shape index (κ3) is 8.50. The summed E-state index contributed by atoms with van der Waals surface area (Å²) in [5, 5.41) is 0. The summed E-state index contributed by atoms with van der Waals surface area (Å²) in [6, 6.07) is 0.0636. The first-order chi connectivity index (χ1) is 7.43. The van der Waals surface area contributed by atoms with Gasteiger partial charge in [0, 0.05) is 17.5 Å². The standard InChI is InChI=1S/C7H15N3O4S2/c1-10(2)5(3-15-13-6(8)11)4-16-14-7(9)12/h5H,3-4H2,1-2H3,(H2,8,11)(H2,9,12). The van der Waals surface area contributed by atoms with Gasteiger partial charge in [0.1, 0.15) is 0 Å². The van der Waals surface area contributed by atoms with E-state index in [1.54, 1.807) is 0 Å². The average molecular weight is 269 g/mol. The minimum absolute atomic E-state index is 0.0636. The predicted molar refractivity (Wildman–Crippen MR) is 63.7 cm³/mol. The number of nitrogens with zero attached hydrogens (tertiary/aromatic N) is 1. The first-order valence-electron chi connectivity index (χ1n) is 4.27. The van der Waals surface area contributed by atoms with Crippen molar-refractivity contribution in [2.75, 3.05) is 25.6 Å². The van der Waals surface area contributed by atoms with Crippen LogP contribution in [0.5, 0.6) is 0 Å². The van der Waals surface area contributed by atoms with Crippen LogP contribution < -0.4 is 11.5 Å². The molecule has 0 aliphatic carbocycles. The maximum absolute atomic E-state index is 10.3. The summed E-state index contributed by atoms with van der Waals surface area (Å²) in [4.78, 5) is 22.6. The summed E-state index contributed by atoms with van der Waals surface area (Å²) in [5.41, 5.74) is 9.62. The monoisotopic (exact) mass is 269 g/mol. The highest BCUT2D eigenvalue weighted by Gasteiger charge is 2.14. The number of hydrogen-bond acceptors (Lipinski definition) is 7. The molecule has 0 saturated heterocycles. The highest BCUT2D eigenvalue weighted by atomic mass is 32.2. The van der Waals surface area contributed by atoms with Crippen molar-refractivity contribution >= 4 is 36.3 Å². The van der Waals surface area contributed by atoms with Gasteiger partial charge in [-0.1, -0.05) is 0 Å². The molecule has 0 aliphatic heterocycles. The quantitative estimate of drug-likeness (QED) is 0.644. The Morgan fingerprint density at radius 3 is 1.75 bits per heavy atom. The SMILES string of the molecule is CN(C)C(CSOC(N)=O)CSOC(N)=O. The molecule has 0 fully saturated rings. The lowest BCUT2D eigenvalue weighted by molar-refractivity contribution is 0.217. The Kier molecular flexibility index (Phi) is 7.95. The number of hydrogen-bond donors (Lipinski definition) is 2. The molecular formula is C7H15N3O4S2. The molecule has 16 heavy (non-hydrogen) atoms. The zero-order chi connectivity index (χ0) is 12.6. The van der Waals surface area contributed by atoms with Crippen LogP contribution in [0.3, 0.4) is 0 Å². The van der Waals surface area contributed by atoms with Crippen molar-refractivity contribution in [2.24, 2.45) is 11.5 Å². The van der Waals surface area contributed by atoms with Crippen LogP contribution >= 0.6 is 24.1 Å².